The van der Waals surface area contributed by atoms with E-state index in [-0.39, 0.29) is 12.1 Å². The van der Waals surface area contributed by atoms with Crippen LogP contribution in [0.1, 0.15) is 94.3 Å². The van der Waals surface area contributed by atoms with Gasteiger partial charge < -0.3 is 9.22 Å². The Morgan fingerprint density at radius 2 is 1.55 bits per heavy atom. The third kappa shape index (κ3) is 9.33. The van der Waals surface area contributed by atoms with E-state index in [9.17, 15) is 4.79 Å². The van der Waals surface area contributed by atoms with Gasteiger partial charge in [-0.15, -0.1) is 0 Å². The molecule has 0 saturated heterocycles. The topological polar surface area (TPSA) is 26.3 Å². The summed E-state index contributed by atoms with van der Waals surface area (Å²) >= 11 is 0. The number of nitrogens with zero attached hydrogens (tertiary/aromatic N) is 1. The van der Waals surface area contributed by atoms with Crippen molar-refractivity contribution in [2.24, 2.45) is 5.92 Å². The number of benzene rings is 1. The Bertz CT molecular complexity index is 569. The zero-order valence-corrected chi connectivity index (χ0v) is 19.2. The maximum absolute atomic E-state index is 12.5. The first kappa shape index (κ1) is 23.9. The Hall–Kier alpha value is -1.35. The van der Waals surface area contributed by atoms with Gasteiger partial charge in [-0.3, -0.25) is 0 Å². The number of carbonyl (C=O) groups excluding carboxylic acids is 1. The van der Waals surface area contributed by atoms with Gasteiger partial charge in [0.15, 0.2) is 0 Å². The molecule has 1 aliphatic carbocycles. The number of ether oxygens (including phenoxy) is 1. The number of hydrogen-bond donors (Lipinski definition) is 0. The molecule has 2 rings (SSSR count). The zero-order valence-electron chi connectivity index (χ0n) is 19.2. The van der Waals surface area contributed by atoms with Crippen LogP contribution in [0.2, 0.25) is 0 Å². The highest BCUT2D eigenvalue weighted by Crippen LogP contribution is 2.29. The molecule has 2 atom stereocenters. The summed E-state index contributed by atoms with van der Waals surface area (Å²) in [6, 6.07) is 9.44. The molecule has 1 fully saturated rings. The van der Waals surface area contributed by atoms with E-state index in [1.807, 2.05) is 30.3 Å². The van der Waals surface area contributed by atoms with E-state index in [0.717, 1.165) is 17.4 Å². The Morgan fingerprint density at radius 3 is 2.24 bits per heavy atom. The molecule has 0 radical (unpaired) electrons. The van der Waals surface area contributed by atoms with Crippen LogP contribution >= 0.6 is 0 Å². The summed E-state index contributed by atoms with van der Waals surface area (Å²) in [7, 11) is 4.71. The first-order valence-corrected chi connectivity index (χ1v) is 12.1. The molecule has 0 amide bonds. The summed E-state index contributed by atoms with van der Waals surface area (Å²) in [4.78, 5) is 12.5. The van der Waals surface area contributed by atoms with Crippen LogP contribution < -0.4 is 0 Å². The third-order valence-corrected chi connectivity index (χ3v) is 6.45. The van der Waals surface area contributed by atoms with Crippen LogP contribution in [-0.4, -0.2) is 43.7 Å². The largest absolute Gasteiger partial charge is 0.458 e. The van der Waals surface area contributed by atoms with Gasteiger partial charge in [-0.1, -0.05) is 70.1 Å². The van der Waals surface area contributed by atoms with Crippen molar-refractivity contribution in [3.8, 4) is 0 Å². The average molecular weight is 403 g/mol. The molecular formula is C26H44NO2+. The van der Waals surface area contributed by atoms with Crippen molar-refractivity contribution in [1.82, 2.24) is 0 Å². The number of unbranched alkanes of at least 4 members (excludes halogenated alkanes) is 7. The fourth-order valence-corrected chi connectivity index (χ4v) is 4.72. The molecule has 3 heteroatoms. The Balaban J connectivity index is 1.74. The lowest BCUT2D eigenvalue weighted by molar-refractivity contribution is -0.894. The normalized spacial score (nSPS) is 19.8. The minimum Gasteiger partial charge on any atom is -0.458 e. The molecule has 0 N–H and O–H groups in total. The highest BCUT2D eigenvalue weighted by Gasteiger charge is 2.33. The van der Waals surface area contributed by atoms with E-state index in [1.54, 1.807) is 0 Å². The van der Waals surface area contributed by atoms with Gasteiger partial charge in [-0.25, -0.2) is 4.79 Å². The van der Waals surface area contributed by atoms with Gasteiger partial charge in [0.25, 0.3) is 0 Å². The maximum Gasteiger partial charge on any atom is 0.338 e. The molecule has 0 unspecified atom stereocenters. The fraction of sp³-hybridized carbons (Fsp3) is 0.731. The van der Waals surface area contributed by atoms with E-state index in [4.69, 9.17) is 4.74 Å². The molecule has 3 nitrogen and oxygen atoms in total. The zero-order chi connectivity index (χ0) is 21.0. The smallest absolute Gasteiger partial charge is 0.338 e. The molecule has 0 heterocycles. The first-order valence-electron chi connectivity index (χ1n) is 12.1. The van der Waals surface area contributed by atoms with Gasteiger partial charge in [0, 0.05) is 5.92 Å². The van der Waals surface area contributed by atoms with E-state index >= 15 is 0 Å². The van der Waals surface area contributed by atoms with Gasteiger partial charge in [0.1, 0.15) is 6.10 Å². The van der Waals surface area contributed by atoms with Crippen molar-refractivity contribution in [2.45, 2.75) is 90.1 Å². The standard InChI is InChI=1S/C26H44NO2/c1-4-5-6-7-8-9-10-16-21-27(2,3)22-24-19-14-15-20-25(24)29-26(28)23-17-12-11-13-18-23/h11-13,17-18,24-25H,4-10,14-16,19-22H2,1-3H3/q+1/t24-,25-/m1/s1. The van der Waals surface area contributed by atoms with E-state index < -0.39 is 0 Å². The maximum atomic E-state index is 12.5. The summed E-state index contributed by atoms with van der Waals surface area (Å²) in [5.74, 6) is 0.330. The molecule has 1 aromatic rings. The summed E-state index contributed by atoms with van der Waals surface area (Å²) in [5.41, 5.74) is 0.671. The van der Waals surface area contributed by atoms with Crippen LogP contribution in [0.4, 0.5) is 0 Å². The summed E-state index contributed by atoms with van der Waals surface area (Å²) in [5, 5.41) is 0. The summed E-state index contributed by atoms with van der Waals surface area (Å²) in [6.07, 6.45) is 15.7. The van der Waals surface area contributed by atoms with Crippen molar-refractivity contribution in [3.63, 3.8) is 0 Å². The van der Waals surface area contributed by atoms with E-state index in [0.29, 0.717) is 11.5 Å². The lowest BCUT2D eigenvalue weighted by Gasteiger charge is -2.38. The monoisotopic (exact) mass is 402 g/mol. The Labute approximate surface area is 179 Å². The highest BCUT2D eigenvalue weighted by molar-refractivity contribution is 5.89. The predicted octanol–water partition coefficient (Wildman–Crippen LogP) is 6.62. The molecule has 0 bridgehead atoms. The number of quaternary nitrogens is 1. The fourth-order valence-electron chi connectivity index (χ4n) is 4.72. The average Bonchev–Trinajstić information content (AvgIpc) is 2.72. The molecule has 29 heavy (non-hydrogen) atoms. The van der Waals surface area contributed by atoms with Crippen LogP contribution in [0, 0.1) is 5.92 Å². The molecule has 0 aliphatic heterocycles. The van der Waals surface area contributed by atoms with E-state index in [1.165, 1.54) is 77.2 Å². The molecule has 0 aromatic heterocycles. The number of rotatable bonds is 13. The van der Waals surface area contributed by atoms with Crippen molar-refractivity contribution < 1.29 is 14.0 Å². The van der Waals surface area contributed by atoms with Crippen LogP contribution in [0.5, 0.6) is 0 Å². The molecular weight excluding hydrogens is 358 g/mol. The van der Waals surface area contributed by atoms with Gasteiger partial charge in [-0.2, -0.15) is 0 Å². The second-order valence-electron chi connectivity index (χ2n) is 9.67. The van der Waals surface area contributed by atoms with Crippen molar-refractivity contribution in [1.29, 1.82) is 0 Å². The van der Waals surface area contributed by atoms with Gasteiger partial charge >= 0.3 is 5.97 Å². The third-order valence-electron chi connectivity index (χ3n) is 6.45. The molecule has 1 saturated carbocycles. The number of carbonyl (C=O) groups is 1. The second kappa shape index (κ2) is 13.1. The van der Waals surface area contributed by atoms with Crippen LogP contribution in [0.3, 0.4) is 0 Å². The minimum atomic E-state index is -0.157. The van der Waals surface area contributed by atoms with Crippen molar-refractivity contribution in [3.05, 3.63) is 35.9 Å². The summed E-state index contributed by atoms with van der Waals surface area (Å²) < 4.78 is 7.02. The van der Waals surface area contributed by atoms with Crippen LogP contribution in [0.15, 0.2) is 30.3 Å². The quantitative estimate of drug-likeness (QED) is 0.210. The van der Waals surface area contributed by atoms with Gasteiger partial charge in [0.2, 0.25) is 0 Å². The lowest BCUT2D eigenvalue weighted by Crippen LogP contribution is -2.48. The van der Waals surface area contributed by atoms with Crippen molar-refractivity contribution in [2.75, 3.05) is 27.2 Å². The first-order chi connectivity index (χ1) is 14.0. The highest BCUT2D eigenvalue weighted by atomic mass is 16.5. The number of hydrogen-bond acceptors (Lipinski definition) is 2. The predicted molar refractivity (Wildman–Crippen MR) is 122 cm³/mol. The Morgan fingerprint density at radius 1 is 0.931 bits per heavy atom. The van der Waals surface area contributed by atoms with Crippen LogP contribution in [-0.2, 0) is 4.74 Å². The van der Waals surface area contributed by atoms with Gasteiger partial charge in [0.05, 0.1) is 32.7 Å². The van der Waals surface area contributed by atoms with E-state index in [2.05, 4.69) is 21.0 Å². The molecule has 0 spiro atoms. The summed E-state index contributed by atoms with van der Waals surface area (Å²) in [6.45, 7) is 4.62. The molecule has 1 aromatic carbocycles. The van der Waals surface area contributed by atoms with Gasteiger partial charge in [-0.05, 0) is 44.2 Å². The Kier molecular flexibility index (Phi) is 10.8. The molecule has 1 aliphatic rings. The van der Waals surface area contributed by atoms with Crippen molar-refractivity contribution >= 4 is 5.97 Å². The second-order valence-corrected chi connectivity index (χ2v) is 9.67. The minimum absolute atomic E-state index is 0.0763. The lowest BCUT2D eigenvalue weighted by atomic mass is 9.85. The SMILES string of the molecule is CCCCCCCCCC[N+](C)(C)C[C@H]1CCCC[C@H]1OC(=O)c1ccccc1. The van der Waals surface area contributed by atoms with Crippen LogP contribution in [0.25, 0.3) is 0 Å². The number of esters is 1. The molecule has 164 valence electrons.